The fraction of sp³-hybridized carbons (Fsp3) is 0.500. The highest BCUT2D eigenvalue weighted by atomic mass is 32.2. The summed E-state index contributed by atoms with van der Waals surface area (Å²) in [7, 11) is -3.63. The summed E-state index contributed by atoms with van der Waals surface area (Å²) in [6.45, 7) is 4.19. The molecular weight excluding hydrogens is 292 g/mol. The number of carbonyl (C=O) groups excluding carboxylic acids is 1. The number of esters is 1. The summed E-state index contributed by atoms with van der Waals surface area (Å²) in [5, 5.41) is 0. The van der Waals surface area contributed by atoms with Gasteiger partial charge >= 0.3 is 5.97 Å². The smallest absolute Gasteiger partial charge is 0.338 e. The van der Waals surface area contributed by atoms with E-state index in [1.807, 2.05) is 6.92 Å². The molecule has 3 N–H and O–H groups in total. The van der Waals surface area contributed by atoms with Crippen LogP contribution in [0.15, 0.2) is 29.2 Å². The molecule has 0 saturated carbocycles. The lowest BCUT2D eigenvalue weighted by molar-refractivity contribution is 0.0526. The predicted octanol–water partition coefficient (Wildman–Crippen LogP) is 1.27. The van der Waals surface area contributed by atoms with Gasteiger partial charge in [0.2, 0.25) is 10.0 Å². The maximum absolute atomic E-state index is 12.2. The average Bonchev–Trinajstić information content (AvgIpc) is 2.47. The normalized spacial score (nSPS) is 12.9. The Morgan fingerprint density at radius 1 is 1.29 bits per heavy atom. The third-order valence-corrected chi connectivity index (χ3v) is 4.46. The monoisotopic (exact) mass is 314 g/mol. The second-order valence-electron chi connectivity index (χ2n) is 4.59. The van der Waals surface area contributed by atoms with Crippen LogP contribution in [0.1, 0.15) is 37.0 Å². The van der Waals surface area contributed by atoms with Crippen LogP contribution in [-0.4, -0.2) is 33.6 Å². The maximum atomic E-state index is 12.2. The Labute approximate surface area is 125 Å². The van der Waals surface area contributed by atoms with E-state index < -0.39 is 16.0 Å². The summed E-state index contributed by atoms with van der Waals surface area (Å²) >= 11 is 0. The molecule has 21 heavy (non-hydrogen) atoms. The van der Waals surface area contributed by atoms with Gasteiger partial charge in [0.1, 0.15) is 0 Å². The predicted molar refractivity (Wildman–Crippen MR) is 80.5 cm³/mol. The van der Waals surface area contributed by atoms with Gasteiger partial charge in [-0.25, -0.2) is 17.9 Å². The van der Waals surface area contributed by atoms with Crippen molar-refractivity contribution in [2.45, 2.75) is 37.6 Å². The van der Waals surface area contributed by atoms with E-state index in [0.29, 0.717) is 12.0 Å². The van der Waals surface area contributed by atoms with Crippen molar-refractivity contribution < 1.29 is 17.9 Å². The van der Waals surface area contributed by atoms with Gasteiger partial charge in [-0.15, -0.1) is 0 Å². The molecule has 0 spiro atoms. The topological polar surface area (TPSA) is 98.5 Å². The molecule has 1 aromatic rings. The summed E-state index contributed by atoms with van der Waals surface area (Å²) in [6.07, 6.45) is 1.52. The Kier molecular flexibility index (Phi) is 6.80. The van der Waals surface area contributed by atoms with Crippen molar-refractivity contribution in [2.75, 3.05) is 13.2 Å². The van der Waals surface area contributed by atoms with Crippen molar-refractivity contribution in [3.63, 3.8) is 0 Å². The SMILES string of the molecule is CCCC(CN)NS(=O)(=O)c1ccc(C(=O)OCC)cc1. The van der Waals surface area contributed by atoms with Crippen LogP contribution in [0.4, 0.5) is 0 Å². The minimum atomic E-state index is -3.63. The van der Waals surface area contributed by atoms with Crippen LogP contribution in [0.2, 0.25) is 0 Å². The standard InChI is InChI=1S/C14H22N2O4S/c1-3-5-12(10-15)16-21(18,19)13-8-6-11(7-9-13)14(17)20-4-2/h6-9,12,16H,3-5,10,15H2,1-2H3. The molecule has 0 radical (unpaired) electrons. The largest absolute Gasteiger partial charge is 0.462 e. The molecule has 118 valence electrons. The van der Waals surface area contributed by atoms with Crippen molar-refractivity contribution in [3.05, 3.63) is 29.8 Å². The van der Waals surface area contributed by atoms with E-state index in [1.165, 1.54) is 24.3 Å². The molecule has 0 fully saturated rings. The number of ether oxygens (including phenoxy) is 1. The van der Waals surface area contributed by atoms with Crippen LogP contribution in [-0.2, 0) is 14.8 Å². The Hall–Kier alpha value is -1.44. The zero-order chi connectivity index (χ0) is 15.9. The molecule has 0 saturated heterocycles. The summed E-state index contributed by atoms with van der Waals surface area (Å²) < 4.78 is 31.8. The first-order chi connectivity index (χ1) is 9.94. The van der Waals surface area contributed by atoms with Crippen molar-refractivity contribution in [1.29, 1.82) is 0 Å². The highest BCUT2D eigenvalue weighted by Gasteiger charge is 2.19. The van der Waals surface area contributed by atoms with Gasteiger partial charge in [-0.3, -0.25) is 0 Å². The number of benzene rings is 1. The highest BCUT2D eigenvalue weighted by molar-refractivity contribution is 7.89. The van der Waals surface area contributed by atoms with Crippen molar-refractivity contribution in [1.82, 2.24) is 4.72 Å². The van der Waals surface area contributed by atoms with Crippen LogP contribution in [0.3, 0.4) is 0 Å². The minimum Gasteiger partial charge on any atom is -0.462 e. The van der Waals surface area contributed by atoms with E-state index in [9.17, 15) is 13.2 Å². The van der Waals surface area contributed by atoms with E-state index in [1.54, 1.807) is 6.92 Å². The quantitative estimate of drug-likeness (QED) is 0.704. The number of sulfonamides is 1. The molecule has 7 heteroatoms. The van der Waals surface area contributed by atoms with Crippen LogP contribution in [0, 0.1) is 0 Å². The molecule has 1 atom stereocenters. The van der Waals surface area contributed by atoms with Crippen LogP contribution >= 0.6 is 0 Å². The lowest BCUT2D eigenvalue weighted by Gasteiger charge is -2.16. The fourth-order valence-corrected chi connectivity index (χ4v) is 3.13. The van der Waals surface area contributed by atoms with Crippen LogP contribution < -0.4 is 10.5 Å². The number of carbonyl (C=O) groups is 1. The number of hydrogen-bond donors (Lipinski definition) is 2. The zero-order valence-electron chi connectivity index (χ0n) is 12.3. The van der Waals surface area contributed by atoms with Gasteiger partial charge in [0, 0.05) is 12.6 Å². The molecular formula is C14H22N2O4S. The van der Waals surface area contributed by atoms with Gasteiger partial charge in [-0.1, -0.05) is 13.3 Å². The first-order valence-corrected chi connectivity index (χ1v) is 8.42. The minimum absolute atomic E-state index is 0.102. The molecule has 0 heterocycles. The van der Waals surface area contributed by atoms with Gasteiger partial charge in [0.15, 0.2) is 0 Å². The Balaban J connectivity index is 2.87. The molecule has 0 aliphatic rings. The summed E-state index contributed by atoms with van der Waals surface area (Å²) in [5.74, 6) is -0.472. The number of nitrogens with one attached hydrogen (secondary N) is 1. The Morgan fingerprint density at radius 3 is 2.38 bits per heavy atom. The maximum Gasteiger partial charge on any atom is 0.338 e. The first-order valence-electron chi connectivity index (χ1n) is 6.94. The lowest BCUT2D eigenvalue weighted by Crippen LogP contribution is -2.39. The average molecular weight is 314 g/mol. The van der Waals surface area contributed by atoms with E-state index in [0.717, 1.165) is 6.42 Å². The molecule has 0 bridgehead atoms. The summed E-state index contributed by atoms with van der Waals surface area (Å²) in [5.41, 5.74) is 5.87. The third kappa shape index (κ3) is 5.11. The van der Waals surface area contributed by atoms with Gasteiger partial charge in [-0.05, 0) is 37.6 Å². The fourth-order valence-electron chi connectivity index (χ4n) is 1.85. The number of nitrogens with two attached hydrogens (primary N) is 1. The van der Waals surface area contributed by atoms with Gasteiger partial charge in [-0.2, -0.15) is 0 Å². The Bertz CT molecular complexity index is 555. The molecule has 1 rings (SSSR count). The van der Waals surface area contributed by atoms with Crippen molar-refractivity contribution in [2.24, 2.45) is 5.73 Å². The van der Waals surface area contributed by atoms with E-state index >= 15 is 0 Å². The van der Waals surface area contributed by atoms with Gasteiger partial charge in [0.05, 0.1) is 17.1 Å². The summed E-state index contributed by atoms with van der Waals surface area (Å²) in [6, 6.07) is 5.35. The van der Waals surface area contributed by atoms with Gasteiger partial charge in [0.25, 0.3) is 0 Å². The van der Waals surface area contributed by atoms with Crippen molar-refractivity contribution in [3.8, 4) is 0 Å². The second kappa shape index (κ2) is 8.11. The van der Waals surface area contributed by atoms with Crippen LogP contribution in [0.5, 0.6) is 0 Å². The molecule has 6 nitrogen and oxygen atoms in total. The molecule has 1 unspecified atom stereocenters. The Morgan fingerprint density at radius 2 is 1.90 bits per heavy atom. The summed E-state index contributed by atoms with van der Waals surface area (Å²) in [4.78, 5) is 11.6. The molecule has 0 aromatic heterocycles. The lowest BCUT2D eigenvalue weighted by atomic mass is 10.2. The van der Waals surface area contributed by atoms with Gasteiger partial charge < -0.3 is 10.5 Å². The van der Waals surface area contributed by atoms with E-state index in [-0.39, 0.29) is 24.1 Å². The molecule has 0 aliphatic carbocycles. The molecule has 0 amide bonds. The van der Waals surface area contributed by atoms with Crippen molar-refractivity contribution >= 4 is 16.0 Å². The van der Waals surface area contributed by atoms with E-state index in [2.05, 4.69) is 4.72 Å². The zero-order valence-corrected chi connectivity index (χ0v) is 13.2. The number of rotatable bonds is 8. The molecule has 1 aromatic carbocycles. The van der Waals surface area contributed by atoms with E-state index in [4.69, 9.17) is 10.5 Å². The first kappa shape index (κ1) is 17.6. The van der Waals surface area contributed by atoms with Crippen LogP contribution in [0.25, 0.3) is 0 Å². The second-order valence-corrected chi connectivity index (χ2v) is 6.30. The highest BCUT2D eigenvalue weighted by Crippen LogP contribution is 2.12. The number of hydrogen-bond acceptors (Lipinski definition) is 5. The molecule has 0 aliphatic heterocycles. The third-order valence-electron chi connectivity index (χ3n) is 2.92.